The molecule has 4 unspecified atom stereocenters. The molecule has 69 heavy (non-hydrogen) atoms. The number of carbonyl (C=O) groups is 4. The molecule has 3 fully saturated rings. The van der Waals surface area contributed by atoms with Gasteiger partial charge in [-0.05, 0) is 136 Å². The van der Waals surface area contributed by atoms with Gasteiger partial charge in [0.15, 0.2) is 0 Å². The molecule has 0 saturated carbocycles. The number of rotatable bonds is 11. The Kier molecular flexibility index (Phi) is 15.7. The fraction of sp³-hybridized carbons (Fsp3) is 0.415. The molecule has 0 radical (unpaired) electrons. The van der Waals surface area contributed by atoms with Gasteiger partial charge in [-0.1, -0.05) is 65.7 Å². The van der Waals surface area contributed by atoms with Gasteiger partial charge in [-0.15, -0.1) is 12.4 Å². The molecule has 13 nitrogen and oxygen atoms in total. The predicted octanol–water partition coefficient (Wildman–Crippen LogP) is 7.87. The van der Waals surface area contributed by atoms with Gasteiger partial charge in [0.1, 0.15) is 29.4 Å². The van der Waals surface area contributed by atoms with Crippen molar-refractivity contribution in [3.63, 3.8) is 0 Å². The van der Waals surface area contributed by atoms with Gasteiger partial charge in [0.25, 0.3) is 0 Å². The van der Waals surface area contributed by atoms with Gasteiger partial charge in [0.2, 0.25) is 23.6 Å². The number of aliphatic hydroxyl groups is 1. The molecule has 4 amide bonds. The summed E-state index contributed by atoms with van der Waals surface area (Å²) in [5.74, 6) is -0.882. The van der Waals surface area contributed by atoms with Crippen LogP contribution in [0.15, 0.2) is 97.2 Å². The first-order valence-electron chi connectivity index (χ1n) is 23.8. The Morgan fingerprint density at radius 3 is 2.35 bits per heavy atom. The van der Waals surface area contributed by atoms with Crippen LogP contribution >= 0.6 is 35.6 Å². The Bertz CT molecular complexity index is 2660. The maximum absolute atomic E-state index is 15.3. The van der Waals surface area contributed by atoms with Crippen molar-refractivity contribution < 1.29 is 29.0 Å². The van der Waals surface area contributed by atoms with Crippen LogP contribution in [0.1, 0.15) is 79.4 Å². The number of benzene rings is 4. The summed E-state index contributed by atoms with van der Waals surface area (Å²) < 4.78 is 8.64. The number of carbonyl (C=O) groups excluding carboxylic acids is 4. The van der Waals surface area contributed by atoms with Crippen molar-refractivity contribution in [2.45, 2.75) is 94.9 Å². The highest BCUT2D eigenvalue weighted by atomic mass is 35.5. The summed E-state index contributed by atoms with van der Waals surface area (Å²) in [7, 11) is 2.03. The molecule has 3 saturated heterocycles. The first-order chi connectivity index (χ1) is 32.9. The number of imidazole rings is 1. The maximum atomic E-state index is 15.3. The van der Waals surface area contributed by atoms with Crippen LogP contribution in [0.2, 0.25) is 10.0 Å². The van der Waals surface area contributed by atoms with E-state index in [9.17, 15) is 14.7 Å². The van der Waals surface area contributed by atoms with Crippen LogP contribution in [0.3, 0.4) is 0 Å². The van der Waals surface area contributed by atoms with E-state index in [0.29, 0.717) is 59.3 Å². The van der Waals surface area contributed by atoms with Crippen molar-refractivity contribution in [2.75, 3.05) is 32.8 Å². The summed E-state index contributed by atoms with van der Waals surface area (Å²) in [6.45, 7) is 4.43. The SMILES string of the molecule is CC1C(=O)NC(CO)C(=O)NC2(Cc3ccc(Cl)cc3)CCCN(C2)C(=O)C([C@H]2CCc3ccccc32)CC(=O)N1Cc1ccc(Cl)cc1Oc1ccc(-c2cnc(CN3CCCC3)n2C)cc1.Cl. The highest BCUT2D eigenvalue weighted by Crippen LogP contribution is 2.42. The number of aromatic nitrogens is 2. The van der Waals surface area contributed by atoms with E-state index < -0.39 is 47.9 Å². The average Bonchev–Trinajstić information content (AvgIpc) is 4.11. The van der Waals surface area contributed by atoms with E-state index in [0.717, 1.165) is 59.8 Å². The fourth-order valence-electron chi connectivity index (χ4n) is 10.7. The summed E-state index contributed by atoms with van der Waals surface area (Å²) in [5.41, 5.74) is 4.70. The van der Waals surface area contributed by atoms with Crippen LogP contribution in [0, 0.1) is 5.92 Å². The number of nitrogens with one attached hydrogen (secondary N) is 2. The Morgan fingerprint density at radius 1 is 0.855 bits per heavy atom. The van der Waals surface area contributed by atoms with E-state index in [1.165, 1.54) is 17.7 Å². The number of halogens is 3. The number of amides is 4. The molecule has 1 aliphatic carbocycles. The third-order valence-electron chi connectivity index (χ3n) is 14.5. The molecule has 3 N–H and O–H groups in total. The molecule has 16 heteroatoms. The molecular weight excluding hydrogens is 937 g/mol. The number of nitrogens with zero attached hydrogens (tertiary/aromatic N) is 5. The van der Waals surface area contributed by atoms with Crippen molar-refractivity contribution in [2.24, 2.45) is 13.0 Å². The third-order valence-corrected chi connectivity index (χ3v) is 15.0. The second-order valence-electron chi connectivity index (χ2n) is 19.0. The van der Waals surface area contributed by atoms with Crippen LogP contribution < -0.4 is 15.4 Å². The normalized spacial score (nSPS) is 23.5. The van der Waals surface area contributed by atoms with Crippen LogP contribution in [-0.2, 0) is 52.2 Å². The van der Waals surface area contributed by atoms with Crippen molar-refractivity contribution in [1.82, 2.24) is 34.9 Å². The van der Waals surface area contributed by atoms with E-state index in [-0.39, 0.29) is 43.7 Å². The van der Waals surface area contributed by atoms with E-state index >= 15 is 9.59 Å². The minimum absolute atomic E-state index is 0. The van der Waals surface area contributed by atoms with Gasteiger partial charge >= 0.3 is 0 Å². The number of piperidine rings is 1. The first kappa shape index (κ1) is 50.0. The largest absolute Gasteiger partial charge is 0.457 e. The first-order valence-corrected chi connectivity index (χ1v) is 24.6. The predicted molar refractivity (Wildman–Crippen MR) is 268 cm³/mol. The summed E-state index contributed by atoms with van der Waals surface area (Å²) in [6.07, 6.45) is 7.14. The van der Waals surface area contributed by atoms with Crippen molar-refractivity contribution in [3.8, 4) is 22.8 Å². The number of aliphatic hydroxyl groups excluding tert-OH is 1. The van der Waals surface area contributed by atoms with Crippen LogP contribution in [-0.4, -0.2) is 103 Å². The third kappa shape index (κ3) is 11.1. The lowest BCUT2D eigenvalue weighted by Crippen LogP contribution is -2.65. The number of ether oxygens (including phenoxy) is 1. The van der Waals surface area contributed by atoms with Crippen molar-refractivity contribution in [3.05, 3.63) is 135 Å². The maximum Gasteiger partial charge on any atom is 0.245 e. The topological polar surface area (TPSA) is 149 Å². The average molecular weight is 997 g/mol. The Morgan fingerprint density at radius 2 is 1.59 bits per heavy atom. The lowest BCUT2D eigenvalue weighted by Gasteiger charge is -2.46. The molecule has 5 atom stereocenters. The van der Waals surface area contributed by atoms with Gasteiger partial charge in [-0.25, -0.2) is 4.98 Å². The lowest BCUT2D eigenvalue weighted by atomic mass is 9.80. The number of hydrogen-bond donors (Lipinski definition) is 3. The molecule has 364 valence electrons. The highest BCUT2D eigenvalue weighted by molar-refractivity contribution is 6.31. The molecule has 4 aliphatic rings. The number of likely N-dealkylation sites (tertiary alicyclic amines) is 1. The summed E-state index contributed by atoms with van der Waals surface area (Å²) in [4.78, 5) is 69.5. The van der Waals surface area contributed by atoms with E-state index in [2.05, 4.69) is 26.2 Å². The van der Waals surface area contributed by atoms with Gasteiger partial charge in [0, 0.05) is 47.7 Å². The van der Waals surface area contributed by atoms with Crippen molar-refractivity contribution in [1.29, 1.82) is 0 Å². The Balaban J connectivity index is 0.00000642. The second kappa shape index (κ2) is 21.7. The molecule has 3 aliphatic heterocycles. The van der Waals surface area contributed by atoms with Crippen molar-refractivity contribution >= 4 is 59.2 Å². The van der Waals surface area contributed by atoms with E-state index in [1.807, 2.05) is 72.7 Å². The number of fused-ring (bicyclic) bond motifs is 3. The minimum atomic E-state index is -1.33. The molecular formula is C53H60Cl3N7O6. The van der Waals surface area contributed by atoms with Gasteiger partial charge in [-0.3, -0.25) is 24.1 Å². The van der Waals surface area contributed by atoms with Gasteiger partial charge in [-0.2, -0.15) is 0 Å². The second-order valence-corrected chi connectivity index (χ2v) is 19.9. The molecule has 2 bridgehead atoms. The molecule has 4 aromatic carbocycles. The number of hydrogen-bond acceptors (Lipinski definition) is 8. The van der Waals surface area contributed by atoms with Crippen LogP contribution in [0.4, 0.5) is 0 Å². The molecule has 0 spiro atoms. The summed E-state index contributed by atoms with van der Waals surface area (Å²) in [5, 5.41) is 17.6. The molecule has 4 heterocycles. The fourth-order valence-corrected chi connectivity index (χ4v) is 11.0. The van der Waals surface area contributed by atoms with Crippen LogP contribution in [0.5, 0.6) is 11.5 Å². The zero-order valence-corrected chi connectivity index (χ0v) is 41.4. The summed E-state index contributed by atoms with van der Waals surface area (Å²) in [6, 6.07) is 25.8. The number of aryl methyl sites for hydroxylation is 1. The van der Waals surface area contributed by atoms with Crippen LogP contribution in [0.25, 0.3) is 11.3 Å². The molecule has 5 aromatic rings. The smallest absolute Gasteiger partial charge is 0.245 e. The minimum Gasteiger partial charge on any atom is -0.457 e. The molecule has 1 aromatic heterocycles. The summed E-state index contributed by atoms with van der Waals surface area (Å²) >= 11 is 12.8. The van der Waals surface area contributed by atoms with Gasteiger partial charge < -0.3 is 34.8 Å². The standard InChI is InChI=1S/C53H59Cl2N7O6.ClH/c1-34-50(65)57-45(32-63)51(66)58-53(28-35-10-16-39(54)17-11-35)22-7-25-61(33-53)52(67)44(43-21-15-36-8-3-4-9-42(36)43)27-49(64)62(34)30-38-12-18-40(55)26-47(38)68-41-19-13-37(14-20-41)46-29-56-48(59(46)2)31-60-23-5-6-24-60;/h3-4,8-14,16-20,26,29,34,43-45,63H,5-7,15,21-25,27-28,30-33H2,1-2H3,(H,57,65)(H,58,66);1H/t34?,43-,44?,45?,53?;/m0./s1. The quantitative estimate of drug-likeness (QED) is 0.121. The van der Waals surface area contributed by atoms with E-state index in [4.69, 9.17) is 32.9 Å². The monoisotopic (exact) mass is 995 g/mol. The highest BCUT2D eigenvalue weighted by Gasteiger charge is 2.45. The zero-order chi connectivity index (χ0) is 47.5. The van der Waals surface area contributed by atoms with E-state index in [1.54, 1.807) is 37.3 Å². The van der Waals surface area contributed by atoms with Gasteiger partial charge in [0.05, 0.1) is 43.0 Å². The zero-order valence-electron chi connectivity index (χ0n) is 39.0. The lowest BCUT2D eigenvalue weighted by molar-refractivity contribution is -0.148. The molecule has 9 rings (SSSR count). The Hall–Kier alpha value is -5.44. The Labute approximate surface area is 419 Å².